The van der Waals surface area contributed by atoms with E-state index in [1.54, 1.807) is 5.32 Å². The summed E-state index contributed by atoms with van der Waals surface area (Å²) in [4.78, 5) is 11.1. The number of urea groups is 1. The molecular formula is C11H21F3N2O. The highest BCUT2D eigenvalue weighted by Crippen LogP contribution is 2.12. The summed E-state index contributed by atoms with van der Waals surface area (Å²) in [6.07, 6.45) is -0.295. The summed E-state index contributed by atoms with van der Waals surface area (Å²) in [5.41, 5.74) is 0. The first-order valence-corrected chi connectivity index (χ1v) is 5.97. The molecule has 2 amide bonds. The number of amides is 2. The van der Waals surface area contributed by atoms with Gasteiger partial charge < -0.3 is 10.6 Å². The summed E-state index contributed by atoms with van der Waals surface area (Å²) < 4.78 is 35.4. The van der Waals surface area contributed by atoms with Gasteiger partial charge in [-0.1, -0.05) is 33.1 Å². The fraction of sp³-hybridized carbons (Fsp3) is 0.909. The van der Waals surface area contributed by atoms with Gasteiger partial charge in [0.1, 0.15) is 6.54 Å². The van der Waals surface area contributed by atoms with E-state index >= 15 is 0 Å². The van der Waals surface area contributed by atoms with Gasteiger partial charge in [0, 0.05) is 6.54 Å². The zero-order chi connectivity index (χ0) is 13.3. The highest BCUT2D eigenvalue weighted by atomic mass is 19.4. The highest BCUT2D eigenvalue weighted by molar-refractivity contribution is 5.73. The summed E-state index contributed by atoms with van der Waals surface area (Å²) >= 11 is 0. The van der Waals surface area contributed by atoms with E-state index in [0.717, 1.165) is 25.7 Å². The Morgan fingerprint density at radius 2 is 1.88 bits per heavy atom. The quantitative estimate of drug-likeness (QED) is 0.720. The minimum atomic E-state index is -4.36. The second-order valence-electron chi connectivity index (χ2n) is 4.10. The van der Waals surface area contributed by atoms with E-state index in [1.807, 2.05) is 6.92 Å². The summed E-state index contributed by atoms with van der Waals surface area (Å²) in [6, 6.07) is -0.753. The van der Waals surface area contributed by atoms with Crippen LogP contribution in [0.3, 0.4) is 0 Å². The summed E-state index contributed by atoms with van der Waals surface area (Å²) in [7, 11) is 0. The molecule has 0 aliphatic rings. The van der Waals surface area contributed by atoms with E-state index in [2.05, 4.69) is 12.2 Å². The fourth-order valence-electron chi connectivity index (χ4n) is 1.42. The summed E-state index contributed by atoms with van der Waals surface area (Å²) in [5.74, 6) is 0.339. The molecule has 1 unspecified atom stereocenters. The molecule has 0 saturated heterocycles. The summed E-state index contributed by atoms with van der Waals surface area (Å²) in [5, 5.41) is 4.25. The predicted molar refractivity (Wildman–Crippen MR) is 60.8 cm³/mol. The molecule has 0 saturated carbocycles. The average Bonchev–Trinajstić information content (AvgIpc) is 2.25. The Morgan fingerprint density at radius 1 is 1.24 bits per heavy atom. The van der Waals surface area contributed by atoms with Crippen LogP contribution in [0.4, 0.5) is 18.0 Å². The van der Waals surface area contributed by atoms with Gasteiger partial charge in [-0.3, -0.25) is 0 Å². The molecule has 0 aromatic rings. The number of alkyl halides is 3. The first kappa shape index (κ1) is 16.1. The van der Waals surface area contributed by atoms with Crippen LogP contribution in [0.2, 0.25) is 0 Å². The van der Waals surface area contributed by atoms with Gasteiger partial charge in [0.25, 0.3) is 0 Å². The van der Waals surface area contributed by atoms with Gasteiger partial charge in [0.2, 0.25) is 0 Å². The predicted octanol–water partition coefficient (Wildman–Crippen LogP) is 3.06. The van der Waals surface area contributed by atoms with Crippen molar-refractivity contribution in [2.24, 2.45) is 5.92 Å². The van der Waals surface area contributed by atoms with Crippen molar-refractivity contribution in [3.8, 4) is 0 Å². The van der Waals surface area contributed by atoms with E-state index in [4.69, 9.17) is 0 Å². The first-order chi connectivity index (χ1) is 7.89. The third-order valence-corrected chi connectivity index (χ3v) is 2.54. The Kier molecular flexibility index (Phi) is 7.74. The molecule has 3 nitrogen and oxygen atoms in total. The lowest BCUT2D eigenvalue weighted by Crippen LogP contribution is -2.42. The van der Waals surface area contributed by atoms with Crippen molar-refractivity contribution in [1.82, 2.24) is 10.6 Å². The van der Waals surface area contributed by atoms with Crippen molar-refractivity contribution < 1.29 is 18.0 Å². The van der Waals surface area contributed by atoms with Crippen molar-refractivity contribution >= 4 is 6.03 Å². The van der Waals surface area contributed by atoms with E-state index < -0.39 is 18.8 Å². The fourth-order valence-corrected chi connectivity index (χ4v) is 1.42. The number of rotatable bonds is 7. The minimum absolute atomic E-state index is 0.339. The molecule has 0 heterocycles. The van der Waals surface area contributed by atoms with Crippen LogP contribution < -0.4 is 10.6 Å². The van der Waals surface area contributed by atoms with Crippen LogP contribution in [0.25, 0.3) is 0 Å². The smallest absolute Gasteiger partial charge is 0.338 e. The number of carbonyl (C=O) groups is 1. The monoisotopic (exact) mass is 254 g/mol. The first-order valence-electron chi connectivity index (χ1n) is 5.97. The average molecular weight is 254 g/mol. The molecular weight excluding hydrogens is 233 g/mol. The van der Waals surface area contributed by atoms with Gasteiger partial charge in [-0.15, -0.1) is 0 Å². The molecule has 0 bridgehead atoms. The molecule has 1 atom stereocenters. The molecule has 0 spiro atoms. The van der Waals surface area contributed by atoms with Gasteiger partial charge >= 0.3 is 12.2 Å². The van der Waals surface area contributed by atoms with Crippen molar-refractivity contribution in [2.45, 2.75) is 45.7 Å². The Hall–Kier alpha value is -0.940. The van der Waals surface area contributed by atoms with Crippen LogP contribution in [0.1, 0.15) is 39.5 Å². The molecule has 0 aromatic heterocycles. The lowest BCUT2D eigenvalue weighted by molar-refractivity contribution is -0.122. The lowest BCUT2D eigenvalue weighted by atomic mass is 9.99. The van der Waals surface area contributed by atoms with Crippen molar-refractivity contribution in [1.29, 1.82) is 0 Å². The molecule has 0 aliphatic carbocycles. The Balaban J connectivity index is 3.73. The van der Waals surface area contributed by atoms with E-state index in [9.17, 15) is 18.0 Å². The van der Waals surface area contributed by atoms with E-state index in [1.165, 1.54) is 0 Å². The zero-order valence-electron chi connectivity index (χ0n) is 10.4. The Bertz CT molecular complexity index is 219. The molecule has 0 fully saturated rings. The van der Waals surface area contributed by atoms with Gasteiger partial charge in [-0.2, -0.15) is 13.2 Å². The highest BCUT2D eigenvalue weighted by Gasteiger charge is 2.27. The minimum Gasteiger partial charge on any atom is -0.338 e. The largest absolute Gasteiger partial charge is 0.405 e. The maximum absolute atomic E-state index is 11.8. The second-order valence-corrected chi connectivity index (χ2v) is 4.10. The lowest BCUT2D eigenvalue weighted by Gasteiger charge is -2.16. The standard InChI is InChI=1S/C11H21F3N2O/c1-3-5-6-9(4-2)7-15-10(17)16-8-11(12,13)14/h9H,3-8H2,1-2H3,(H2,15,16,17). The van der Waals surface area contributed by atoms with Gasteiger partial charge in [-0.25, -0.2) is 4.79 Å². The van der Waals surface area contributed by atoms with Crippen LogP contribution >= 0.6 is 0 Å². The number of hydrogen-bond donors (Lipinski definition) is 2. The zero-order valence-corrected chi connectivity index (χ0v) is 10.4. The Morgan fingerprint density at radius 3 is 2.35 bits per heavy atom. The molecule has 0 aromatic carbocycles. The topological polar surface area (TPSA) is 41.1 Å². The molecule has 0 rings (SSSR count). The second kappa shape index (κ2) is 8.20. The third kappa shape index (κ3) is 9.96. The normalized spacial score (nSPS) is 13.2. The molecule has 0 aliphatic heterocycles. The number of hydrogen-bond acceptors (Lipinski definition) is 1. The van der Waals surface area contributed by atoms with Gasteiger partial charge in [-0.05, 0) is 12.3 Å². The van der Waals surface area contributed by atoms with Gasteiger partial charge in [0.15, 0.2) is 0 Å². The van der Waals surface area contributed by atoms with Crippen LogP contribution in [0, 0.1) is 5.92 Å². The molecule has 0 radical (unpaired) electrons. The molecule has 6 heteroatoms. The number of carbonyl (C=O) groups excluding carboxylic acids is 1. The van der Waals surface area contributed by atoms with Gasteiger partial charge in [0.05, 0.1) is 0 Å². The maximum Gasteiger partial charge on any atom is 0.405 e. The number of unbranched alkanes of at least 4 members (excludes halogenated alkanes) is 1. The number of nitrogens with one attached hydrogen (secondary N) is 2. The van der Waals surface area contributed by atoms with Crippen LogP contribution in [0.5, 0.6) is 0 Å². The van der Waals surface area contributed by atoms with E-state index in [-0.39, 0.29) is 0 Å². The maximum atomic E-state index is 11.8. The van der Waals surface area contributed by atoms with Crippen molar-refractivity contribution in [3.63, 3.8) is 0 Å². The molecule has 102 valence electrons. The molecule has 17 heavy (non-hydrogen) atoms. The van der Waals surface area contributed by atoms with Crippen LogP contribution in [-0.2, 0) is 0 Å². The van der Waals surface area contributed by atoms with Crippen LogP contribution in [0.15, 0.2) is 0 Å². The Labute approximate surface area is 100 Å². The van der Waals surface area contributed by atoms with Crippen molar-refractivity contribution in [3.05, 3.63) is 0 Å². The summed E-state index contributed by atoms with van der Waals surface area (Å²) in [6.45, 7) is 3.23. The third-order valence-electron chi connectivity index (χ3n) is 2.54. The van der Waals surface area contributed by atoms with E-state index in [0.29, 0.717) is 12.5 Å². The number of halogens is 3. The van der Waals surface area contributed by atoms with Crippen LogP contribution in [-0.4, -0.2) is 25.3 Å². The van der Waals surface area contributed by atoms with Crippen molar-refractivity contribution in [2.75, 3.05) is 13.1 Å². The SMILES string of the molecule is CCCCC(CC)CNC(=O)NCC(F)(F)F. The molecule has 2 N–H and O–H groups in total.